The summed E-state index contributed by atoms with van der Waals surface area (Å²) in [5.41, 5.74) is 0. The summed E-state index contributed by atoms with van der Waals surface area (Å²) in [4.78, 5) is 13.8. The van der Waals surface area contributed by atoms with E-state index in [1.807, 2.05) is 17.9 Å². The molecule has 1 heterocycles. The van der Waals surface area contributed by atoms with Gasteiger partial charge in [-0.1, -0.05) is 6.08 Å². The van der Waals surface area contributed by atoms with Gasteiger partial charge in [0.15, 0.2) is 0 Å². The van der Waals surface area contributed by atoms with Crippen molar-refractivity contribution >= 4 is 5.91 Å². The van der Waals surface area contributed by atoms with Gasteiger partial charge in [0.25, 0.3) is 0 Å². The molecule has 4 heteroatoms. The highest BCUT2D eigenvalue weighted by Crippen LogP contribution is 2.21. The van der Waals surface area contributed by atoms with E-state index < -0.39 is 0 Å². The fourth-order valence-electron chi connectivity index (χ4n) is 2.35. The number of ether oxygens (including phenoxy) is 1. The van der Waals surface area contributed by atoms with E-state index in [0.29, 0.717) is 18.4 Å². The summed E-state index contributed by atoms with van der Waals surface area (Å²) in [6.07, 6.45) is 5.55. The van der Waals surface area contributed by atoms with Gasteiger partial charge < -0.3 is 15.0 Å². The van der Waals surface area contributed by atoms with Crippen molar-refractivity contribution in [2.45, 2.75) is 38.6 Å². The van der Waals surface area contributed by atoms with Crippen molar-refractivity contribution in [1.29, 1.82) is 0 Å². The van der Waals surface area contributed by atoms with Crippen molar-refractivity contribution in [1.82, 2.24) is 10.2 Å². The zero-order valence-corrected chi connectivity index (χ0v) is 11.5. The number of rotatable bonds is 10. The maximum Gasteiger partial charge on any atom is 0.222 e. The summed E-state index contributed by atoms with van der Waals surface area (Å²) >= 11 is 0. The second-order valence-corrected chi connectivity index (χ2v) is 4.61. The molecule has 0 spiro atoms. The molecule has 0 aromatic heterocycles. The minimum Gasteiger partial charge on any atom is -0.382 e. The van der Waals surface area contributed by atoms with Crippen LogP contribution in [0.3, 0.4) is 0 Å². The summed E-state index contributed by atoms with van der Waals surface area (Å²) in [5, 5.41) is 3.29. The van der Waals surface area contributed by atoms with Crippen molar-refractivity contribution in [2.24, 2.45) is 0 Å². The Morgan fingerprint density at radius 2 is 2.44 bits per heavy atom. The number of carbonyl (C=O) groups excluding carboxylic acids is 1. The molecule has 0 saturated carbocycles. The number of nitrogens with zero attached hydrogens (tertiary/aromatic N) is 1. The zero-order valence-electron chi connectivity index (χ0n) is 11.5. The van der Waals surface area contributed by atoms with Crippen LogP contribution in [0, 0.1) is 0 Å². The van der Waals surface area contributed by atoms with E-state index in [1.165, 1.54) is 0 Å². The molecule has 0 bridgehead atoms. The van der Waals surface area contributed by atoms with Crippen molar-refractivity contribution in [3.05, 3.63) is 12.7 Å². The minimum absolute atomic E-state index is 0.306. The molecule has 1 aliphatic heterocycles. The fraction of sp³-hybridized carbons (Fsp3) is 0.786. The van der Waals surface area contributed by atoms with Crippen LogP contribution in [0.4, 0.5) is 0 Å². The molecular formula is C14H26N2O2. The quantitative estimate of drug-likeness (QED) is 0.475. The summed E-state index contributed by atoms with van der Waals surface area (Å²) in [5.74, 6) is 0.306. The average Bonchev–Trinajstić information content (AvgIpc) is 2.72. The molecule has 104 valence electrons. The molecule has 1 amide bonds. The number of carbonyl (C=O) groups is 1. The van der Waals surface area contributed by atoms with Gasteiger partial charge in [0, 0.05) is 38.8 Å². The predicted molar refractivity (Wildman–Crippen MR) is 73.5 cm³/mol. The Morgan fingerprint density at radius 1 is 1.61 bits per heavy atom. The summed E-state index contributed by atoms with van der Waals surface area (Å²) in [6, 6.07) is 0.413. The van der Waals surface area contributed by atoms with Crippen molar-refractivity contribution < 1.29 is 9.53 Å². The monoisotopic (exact) mass is 254 g/mol. The SMILES string of the molecule is C=CCNCC[C@@H]1CCC(=O)N1CCCOCC. The fourth-order valence-corrected chi connectivity index (χ4v) is 2.35. The van der Waals surface area contributed by atoms with Gasteiger partial charge in [-0.15, -0.1) is 6.58 Å². The van der Waals surface area contributed by atoms with Gasteiger partial charge in [-0.2, -0.15) is 0 Å². The molecule has 0 aromatic rings. The molecule has 0 aromatic carbocycles. The highest BCUT2D eigenvalue weighted by atomic mass is 16.5. The molecule has 4 nitrogen and oxygen atoms in total. The highest BCUT2D eigenvalue weighted by Gasteiger charge is 2.29. The van der Waals surface area contributed by atoms with Crippen LogP contribution in [0.15, 0.2) is 12.7 Å². The standard InChI is InChI=1S/C14H26N2O2/c1-3-9-15-10-8-13-6-7-14(17)16(13)11-5-12-18-4-2/h3,13,15H,1,4-12H2,2H3/t13-/m0/s1. The lowest BCUT2D eigenvalue weighted by Crippen LogP contribution is -2.36. The van der Waals surface area contributed by atoms with Crippen LogP contribution in [0.25, 0.3) is 0 Å². The first-order valence-corrected chi connectivity index (χ1v) is 6.98. The Morgan fingerprint density at radius 3 is 3.17 bits per heavy atom. The van der Waals surface area contributed by atoms with Crippen LogP contribution in [0.1, 0.15) is 32.6 Å². The molecule has 0 unspecified atom stereocenters. The Bertz CT molecular complexity index is 256. The van der Waals surface area contributed by atoms with Gasteiger partial charge in [-0.3, -0.25) is 4.79 Å². The lowest BCUT2D eigenvalue weighted by Gasteiger charge is -2.25. The number of hydrogen-bond donors (Lipinski definition) is 1. The van der Waals surface area contributed by atoms with Crippen molar-refractivity contribution in [3.63, 3.8) is 0 Å². The Hall–Kier alpha value is -0.870. The van der Waals surface area contributed by atoms with Crippen molar-refractivity contribution in [2.75, 3.05) is 32.8 Å². The molecule has 1 rings (SSSR count). The molecular weight excluding hydrogens is 228 g/mol. The summed E-state index contributed by atoms with van der Waals surface area (Å²) < 4.78 is 5.32. The van der Waals surface area contributed by atoms with Crippen molar-refractivity contribution in [3.8, 4) is 0 Å². The molecule has 1 saturated heterocycles. The lowest BCUT2D eigenvalue weighted by molar-refractivity contribution is -0.129. The van der Waals surface area contributed by atoms with Crippen LogP contribution in [-0.2, 0) is 9.53 Å². The molecule has 1 atom stereocenters. The second kappa shape index (κ2) is 9.11. The maximum atomic E-state index is 11.8. The van der Waals surface area contributed by atoms with Gasteiger partial charge in [0.2, 0.25) is 5.91 Å². The van der Waals surface area contributed by atoms with E-state index in [4.69, 9.17) is 4.74 Å². The van der Waals surface area contributed by atoms with E-state index in [1.54, 1.807) is 0 Å². The predicted octanol–water partition coefficient (Wildman–Crippen LogP) is 1.57. The third-order valence-electron chi connectivity index (χ3n) is 3.29. The maximum absolute atomic E-state index is 11.8. The van der Waals surface area contributed by atoms with Gasteiger partial charge in [0.1, 0.15) is 0 Å². The number of nitrogens with one attached hydrogen (secondary N) is 1. The Labute approximate surface area is 110 Å². The van der Waals surface area contributed by atoms with E-state index in [9.17, 15) is 4.79 Å². The first-order valence-electron chi connectivity index (χ1n) is 6.98. The largest absolute Gasteiger partial charge is 0.382 e. The second-order valence-electron chi connectivity index (χ2n) is 4.61. The van der Waals surface area contributed by atoms with Gasteiger partial charge >= 0.3 is 0 Å². The van der Waals surface area contributed by atoms with E-state index in [-0.39, 0.29) is 0 Å². The molecule has 1 aliphatic rings. The third kappa shape index (κ3) is 5.19. The van der Waals surface area contributed by atoms with E-state index >= 15 is 0 Å². The summed E-state index contributed by atoms with van der Waals surface area (Å²) in [6.45, 7) is 9.80. The Balaban J connectivity index is 2.23. The van der Waals surface area contributed by atoms with Crippen LogP contribution in [0.2, 0.25) is 0 Å². The number of amides is 1. The highest BCUT2D eigenvalue weighted by molar-refractivity contribution is 5.78. The first-order chi connectivity index (χ1) is 8.79. The Kier molecular flexibility index (Phi) is 7.69. The number of hydrogen-bond acceptors (Lipinski definition) is 3. The molecule has 0 aliphatic carbocycles. The normalized spacial score (nSPS) is 19.5. The van der Waals surface area contributed by atoms with Crippen LogP contribution in [0.5, 0.6) is 0 Å². The van der Waals surface area contributed by atoms with Crippen LogP contribution >= 0.6 is 0 Å². The van der Waals surface area contributed by atoms with Gasteiger partial charge in [0.05, 0.1) is 0 Å². The number of likely N-dealkylation sites (tertiary alicyclic amines) is 1. The smallest absolute Gasteiger partial charge is 0.222 e. The van der Waals surface area contributed by atoms with Crippen LogP contribution in [-0.4, -0.2) is 49.7 Å². The first kappa shape index (κ1) is 15.2. The van der Waals surface area contributed by atoms with E-state index in [0.717, 1.165) is 52.1 Å². The van der Waals surface area contributed by atoms with Crippen LogP contribution < -0.4 is 5.32 Å². The summed E-state index contributed by atoms with van der Waals surface area (Å²) in [7, 11) is 0. The average molecular weight is 254 g/mol. The van der Waals surface area contributed by atoms with Gasteiger partial charge in [-0.25, -0.2) is 0 Å². The minimum atomic E-state index is 0.306. The molecule has 1 N–H and O–H groups in total. The molecule has 0 radical (unpaired) electrons. The third-order valence-corrected chi connectivity index (χ3v) is 3.29. The zero-order chi connectivity index (χ0) is 13.2. The van der Waals surface area contributed by atoms with Gasteiger partial charge in [-0.05, 0) is 32.7 Å². The molecule has 18 heavy (non-hydrogen) atoms. The topological polar surface area (TPSA) is 41.6 Å². The van der Waals surface area contributed by atoms with E-state index in [2.05, 4.69) is 11.9 Å². The lowest BCUT2D eigenvalue weighted by atomic mass is 10.1. The molecule has 1 fully saturated rings.